The number of aromatic nitrogens is 2. The third-order valence-electron chi connectivity index (χ3n) is 11.6. The van der Waals surface area contributed by atoms with Crippen LogP contribution in [0.4, 0.5) is 21.5 Å². The molecule has 8 rings (SSSR count). The van der Waals surface area contributed by atoms with Gasteiger partial charge in [0.2, 0.25) is 11.8 Å². The average molecular weight is 699 g/mol. The largest absolute Gasteiger partial charge is 0.495 e. The Morgan fingerprint density at radius 2 is 1.61 bits per heavy atom. The van der Waals surface area contributed by atoms with E-state index >= 15 is 4.39 Å². The number of aryl methyl sites for hydroxylation is 1. The molecule has 6 heterocycles. The van der Waals surface area contributed by atoms with Gasteiger partial charge >= 0.3 is 0 Å². The molecule has 0 radical (unpaired) electrons. The summed E-state index contributed by atoms with van der Waals surface area (Å²) in [7, 11) is 3.56. The second kappa shape index (κ2) is 12.7. The van der Waals surface area contributed by atoms with Crippen molar-refractivity contribution in [2.75, 3.05) is 68.5 Å². The number of carbonyl (C=O) groups is 4. The van der Waals surface area contributed by atoms with E-state index in [-0.39, 0.29) is 24.0 Å². The lowest BCUT2D eigenvalue weighted by molar-refractivity contribution is -0.136. The van der Waals surface area contributed by atoms with E-state index in [1.165, 1.54) is 6.07 Å². The Kier molecular flexibility index (Phi) is 8.23. The van der Waals surface area contributed by atoms with Crippen LogP contribution in [0.15, 0.2) is 36.7 Å². The van der Waals surface area contributed by atoms with Crippen LogP contribution in [0.3, 0.4) is 0 Å². The van der Waals surface area contributed by atoms with Crippen LogP contribution < -0.4 is 25.6 Å². The summed E-state index contributed by atoms with van der Waals surface area (Å²) in [6.07, 6.45) is 8.00. The molecule has 1 atom stereocenters. The molecule has 0 saturated carbocycles. The minimum absolute atomic E-state index is 0.0319. The molecule has 3 N–H and O–H groups in total. The molecular weight excluding hydrogens is 655 g/mol. The van der Waals surface area contributed by atoms with Crippen LogP contribution in [0.1, 0.15) is 59.2 Å². The van der Waals surface area contributed by atoms with Gasteiger partial charge < -0.3 is 25.2 Å². The number of nitrogens with two attached hydrogens (primary N) is 1. The fourth-order valence-electron chi connectivity index (χ4n) is 8.83. The fraction of sp³-hybridized carbons (Fsp3) is 0.486. The van der Waals surface area contributed by atoms with Crippen molar-refractivity contribution >= 4 is 40.7 Å². The van der Waals surface area contributed by atoms with Crippen molar-refractivity contribution in [1.82, 2.24) is 24.9 Å². The number of carbonyl (C=O) groups excluding carboxylic acids is 4. The first-order valence-corrected chi connectivity index (χ1v) is 17.8. The molecule has 51 heavy (non-hydrogen) atoms. The molecule has 4 fully saturated rings. The van der Waals surface area contributed by atoms with Gasteiger partial charge in [0.25, 0.3) is 11.8 Å². The number of nitrogens with one attached hydrogen (secondary N) is 1. The summed E-state index contributed by atoms with van der Waals surface area (Å²) < 4.78 is 22.8. The zero-order valence-electron chi connectivity index (χ0n) is 29.0. The molecule has 268 valence electrons. The molecule has 5 aliphatic rings. The van der Waals surface area contributed by atoms with Crippen LogP contribution >= 0.6 is 0 Å². The van der Waals surface area contributed by atoms with E-state index in [0.29, 0.717) is 41.5 Å². The first-order valence-electron chi connectivity index (χ1n) is 17.8. The fourth-order valence-corrected chi connectivity index (χ4v) is 8.83. The summed E-state index contributed by atoms with van der Waals surface area (Å²) in [4.78, 5) is 58.2. The lowest BCUT2D eigenvalue weighted by atomic mass is 9.71. The average Bonchev–Trinajstić information content (AvgIpc) is 3.64. The lowest BCUT2D eigenvalue weighted by Crippen LogP contribution is -2.61. The Labute approximate surface area is 295 Å². The highest BCUT2D eigenvalue weighted by Gasteiger charge is 2.47. The van der Waals surface area contributed by atoms with Crippen molar-refractivity contribution < 1.29 is 28.3 Å². The van der Waals surface area contributed by atoms with E-state index < -0.39 is 35.5 Å². The molecule has 5 aliphatic heterocycles. The summed E-state index contributed by atoms with van der Waals surface area (Å²) in [6.45, 7) is 6.40. The number of ether oxygens (including phenoxy) is 1. The molecule has 4 saturated heterocycles. The number of imide groups is 2. The molecule has 14 heteroatoms. The number of fused-ring (bicyclic) bond motifs is 1. The number of likely N-dealkylation sites (tertiary alicyclic amines) is 1. The molecule has 0 bridgehead atoms. The van der Waals surface area contributed by atoms with Gasteiger partial charge in [0.15, 0.2) is 0 Å². The zero-order chi connectivity index (χ0) is 35.6. The van der Waals surface area contributed by atoms with Crippen molar-refractivity contribution in [3.05, 3.63) is 53.6 Å². The van der Waals surface area contributed by atoms with Crippen LogP contribution in [0, 0.1) is 17.2 Å². The number of hydrogen-bond donors (Lipinski definition) is 2. The Hall–Kier alpha value is -4.98. The monoisotopic (exact) mass is 698 g/mol. The van der Waals surface area contributed by atoms with Gasteiger partial charge in [-0.1, -0.05) is 0 Å². The maximum atomic E-state index is 15.4. The quantitative estimate of drug-likeness (QED) is 0.279. The zero-order valence-corrected chi connectivity index (χ0v) is 29.0. The number of rotatable bonds is 7. The molecule has 3 aromatic rings. The Balaban J connectivity index is 0.852. The Morgan fingerprint density at radius 1 is 0.922 bits per heavy atom. The van der Waals surface area contributed by atoms with E-state index in [2.05, 4.69) is 26.3 Å². The van der Waals surface area contributed by atoms with Crippen molar-refractivity contribution in [2.24, 2.45) is 18.4 Å². The maximum absolute atomic E-state index is 15.4. The smallest absolute Gasteiger partial charge is 0.262 e. The van der Waals surface area contributed by atoms with Crippen molar-refractivity contribution in [1.29, 1.82) is 0 Å². The number of nitrogens with zero attached hydrogens (tertiary/aromatic N) is 6. The van der Waals surface area contributed by atoms with Crippen molar-refractivity contribution in [2.45, 2.75) is 44.6 Å². The molecule has 0 aliphatic carbocycles. The van der Waals surface area contributed by atoms with Crippen molar-refractivity contribution in [3.8, 4) is 16.9 Å². The number of anilines is 3. The second-order valence-corrected chi connectivity index (χ2v) is 14.9. The maximum Gasteiger partial charge on any atom is 0.262 e. The van der Waals surface area contributed by atoms with Gasteiger partial charge in [0.05, 0.1) is 35.8 Å². The summed E-state index contributed by atoms with van der Waals surface area (Å²) >= 11 is 0. The van der Waals surface area contributed by atoms with Crippen LogP contribution in [0.25, 0.3) is 11.1 Å². The molecule has 1 aromatic heterocycles. The van der Waals surface area contributed by atoms with Gasteiger partial charge in [-0.25, -0.2) is 4.39 Å². The summed E-state index contributed by atoms with van der Waals surface area (Å²) in [5.41, 5.74) is 10.8. The second-order valence-electron chi connectivity index (χ2n) is 14.9. The molecule has 1 unspecified atom stereocenters. The number of piperidine rings is 3. The summed E-state index contributed by atoms with van der Waals surface area (Å²) in [5.74, 6) is -1.83. The van der Waals surface area contributed by atoms with E-state index in [1.54, 1.807) is 11.8 Å². The van der Waals surface area contributed by atoms with Gasteiger partial charge in [-0.05, 0) is 61.6 Å². The topological polar surface area (TPSA) is 146 Å². The predicted molar refractivity (Wildman–Crippen MR) is 188 cm³/mol. The molecule has 2 aromatic carbocycles. The molecule has 13 nitrogen and oxygen atoms in total. The van der Waals surface area contributed by atoms with Gasteiger partial charge in [0, 0.05) is 88.4 Å². The number of hydrogen-bond acceptors (Lipinski definition) is 10. The van der Waals surface area contributed by atoms with E-state index in [1.807, 2.05) is 30.4 Å². The molecular formula is C37H43FN8O5. The van der Waals surface area contributed by atoms with Crippen molar-refractivity contribution in [3.63, 3.8) is 0 Å². The number of nitrogen functional groups attached to an aromatic ring is 1. The van der Waals surface area contributed by atoms with Crippen LogP contribution in [-0.2, 0) is 16.6 Å². The first kappa shape index (κ1) is 33.2. The number of methoxy groups -OCH3 is 1. The van der Waals surface area contributed by atoms with E-state index in [9.17, 15) is 19.2 Å². The van der Waals surface area contributed by atoms with Crippen LogP contribution in [0.2, 0.25) is 0 Å². The predicted octanol–water partition coefficient (Wildman–Crippen LogP) is 3.04. The highest BCUT2D eigenvalue weighted by Crippen LogP contribution is 2.45. The van der Waals surface area contributed by atoms with Gasteiger partial charge in [-0.3, -0.25) is 34.1 Å². The first-order chi connectivity index (χ1) is 24.5. The van der Waals surface area contributed by atoms with Gasteiger partial charge in [-0.2, -0.15) is 5.10 Å². The summed E-state index contributed by atoms with van der Waals surface area (Å²) in [5, 5.41) is 6.56. The van der Waals surface area contributed by atoms with E-state index in [4.69, 9.17) is 10.5 Å². The minimum Gasteiger partial charge on any atom is -0.495 e. The van der Waals surface area contributed by atoms with Crippen LogP contribution in [0.5, 0.6) is 5.75 Å². The minimum atomic E-state index is -1.08. The SMILES string of the molecule is COc1cc(N2CCC3(CC2)CN(CC2CCN(c4cc5c(cc4F)C(=O)N(C4CCC(=O)NC4=O)C5=O)CC2)C3)c(-c2cnn(C)c2)cc1N. The third-order valence-corrected chi connectivity index (χ3v) is 11.6. The molecule has 4 amide bonds. The van der Waals surface area contributed by atoms with Gasteiger partial charge in [0.1, 0.15) is 17.6 Å². The number of amides is 4. The van der Waals surface area contributed by atoms with Gasteiger partial charge in [-0.15, -0.1) is 0 Å². The summed E-state index contributed by atoms with van der Waals surface area (Å²) in [6, 6.07) is 5.55. The third kappa shape index (κ3) is 5.88. The number of benzene rings is 2. The molecule has 1 spiro atoms. The number of halogens is 1. The van der Waals surface area contributed by atoms with Crippen LogP contribution in [-0.4, -0.2) is 102 Å². The normalized spacial score (nSPS) is 22.4. The lowest BCUT2D eigenvalue weighted by Gasteiger charge is -2.55. The Bertz CT molecular complexity index is 1920. The standard InChI is InChI=1S/C37H43FN8O5/c1-42-19-23(17-40-42)24-14-28(39)32(51-2)16-30(24)45-11-7-37(8-12-45)20-43(21-37)18-22-5-9-44(10-6-22)31-15-26-25(13-27(31)38)35(49)46(36(26)50)29-3-4-33(47)41-34(29)48/h13-17,19,22,29H,3-12,18,20-21,39H2,1-2H3,(H,41,47,48). The Morgan fingerprint density at radius 3 is 2.25 bits per heavy atom. The van der Waals surface area contributed by atoms with E-state index in [0.717, 1.165) is 86.2 Å². The highest BCUT2D eigenvalue weighted by atomic mass is 19.1. The highest BCUT2D eigenvalue weighted by molar-refractivity contribution is 6.23.